The molecule has 50 heavy (non-hydrogen) atoms. The van der Waals surface area contributed by atoms with Crippen LogP contribution in [0.25, 0.3) is 44.6 Å². The molecule has 263 valence electrons. The topological polar surface area (TPSA) is 51.8 Å². The molecule has 4 aromatic heterocycles. The van der Waals surface area contributed by atoms with Gasteiger partial charge in [-0.15, -0.1) is 54.1 Å². The number of hydrogen-bond donors (Lipinski definition) is 0. The van der Waals surface area contributed by atoms with Crippen molar-refractivity contribution in [3.63, 3.8) is 0 Å². The molecule has 0 atom stereocenters. The van der Waals surface area contributed by atoms with Gasteiger partial charge in [0.25, 0.3) is 0 Å². The minimum Gasteiger partial charge on any atom is -0.486 e. The van der Waals surface area contributed by atoms with E-state index in [0.717, 1.165) is 57.6 Å². The zero-order chi connectivity index (χ0) is 34.8. The van der Waals surface area contributed by atoms with Crippen LogP contribution in [0.3, 0.4) is 0 Å². The molecule has 0 N–H and O–H groups in total. The Hall–Kier alpha value is -3.44. The molecule has 0 amide bonds. The van der Waals surface area contributed by atoms with E-state index in [0.29, 0.717) is 11.6 Å². The van der Waals surface area contributed by atoms with Crippen LogP contribution < -0.4 is 5.19 Å². The number of fused-ring (bicyclic) bond motifs is 3. The van der Waals surface area contributed by atoms with Gasteiger partial charge in [-0.2, -0.15) is 0 Å². The molecule has 0 spiro atoms. The van der Waals surface area contributed by atoms with E-state index in [1.54, 1.807) is 6.20 Å². The normalized spacial score (nSPS) is 13.8. The van der Waals surface area contributed by atoms with Crippen LogP contribution in [0.2, 0.25) is 19.6 Å². The Balaban J connectivity index is 0.000000199. The van der Waals surface area contributed by atoms with Gasteiger partial charge in [0.2, 0.25) is 5.71 Å². The molecule has 4 heterocycles. The standard InChI is InChI=1S/C25H25N2O.C19H26NSi.Ir/c1-16(2)22-15-27-23(14-18(22)13-17-7-3-4-8-17)21-10-5-9-19-20-11-6-12-26-25(20)28-24(19)21;1-19(2,3)13-16-12-17(15-10-8-7-9-11-15)20-14-18(16)21(4,5)6;/h5-6,9,11-12,14-17H,3-4,7-8,13H2,1-2H3;7-10,12,14H,13H2,1-6H3;/q2*-1;. The van der Waals surface area contributed by atoms with Crippen LogP contribution in [-0.2, 0) is 32.9 Å². The van der Waals surface area contributed by atoms with Gasteiger partial charge in [0.15, 0.2) is 0 Å². The maximum Gasteiger partial charge on any atom is 0.216 e. The monoisotopic (exact) mass is 858 g/mol. The minimum absolute atomic E-state index is 0. The SMILES string of the molecule is CC(C)(C)Cc1cc(-c2[c-]cccc2)ncc1[Si](C)(C)C.CC(C)c1cnc(-c2[c-]ccc3c2oc2ncccc23)cc1CC1CCCC1.[Ir]. The summed E-state index contributed by atoms with van der Waals surface area (Å²) in [5.74, 6) is 1.29. The molecule has 1 radical (unpaired) electrons. The molecule has 0 aliphatic heterocycles. The zero-order valence-corrected chi connectivity index (χ0v) is 34.4. The molecular formula is C44H51IrN3OSi-2. The van der Waals surface area contributed by atoms with Gasteiger partial charge in [0, 0.05) is 44.1 Å². The molecule has 4 nitrogen and oxygen atoms in total. The summed E-state index contributed by atoms with van der Waals surface area (Å²) in [5.41, 5.74) is 10.0. The summed E-state index contributed by atoms with van der Waals surface area (Å²) in [4.78, 5) is 13.9. The summed E-state index contributed by atoms with van der Waals surface area (Å²) in [7, 11) is -1.37. The Kier molecular flexibility index (Phi) is 12.0. The third-order valence-corrected chi connectivity index (χ3v) is 11.7. The number of furan rings is 1. The Morgan fingerprint density at radius 1 is 0.840 bits per heavy atom. The molecular weight excluding hydrogens is 807 g/mol. The number of hydrogen-bond acceptors (Lipinski definition) is 4. The molecule has 0 unspecified atom stereocenters. The second kappa shape index (κ2) is 15.8. The van der Waals surface area contributed by atoms with Crippen LogP contribution in [0.15, 0.2) is 83.7 Å². The van der Waals surface area contributed by atoms with E-state index in [1.807, 2.05) is 36.4 Å². The Morgan fingerprint density at radius 3 is 2.26 bits per heavy atom. The number of nitrogens with zero attached hydrogens (tertiary/aromatic N) is 3. The molecule has 1 saturated carbocycles. The summed E-state index contributed by atoms with van der Waals surface area (Å²) in [6.45, 7) is 18.6. The fraction of sp³-hybridized carbons (Fsp3) is 0.386. The number of pyridine rings is 3. The average Bonchev–Trinajstić information content (AvgIpc) is 3.72. The second-order valence-electron chi connectivity index (χ2n) is 16.3. The first-order valence-electron chi connectivity index (χ1n) is 18.0. The fourth-order valence-corrected chi connectivity index (χ4v) is 8.80. The summed E-state index contributed by atoms with van der Waals surface area (Å²) < 4.78 is 6.11. The molecule has 6 heteroatoms. The molecule has 0 bridgehead atoms. The quantitative estimate of drug-likeness (QED) is 0.119. The van der Waals surface area contributed by atoms with Gasteiger partial charge in [0.05, 0.1) is 13.7 Å². The predicted molar refractivity (Wildman–Crippen MR) is 208 cm³/mol. The van der Waals surface area contributed by atoms with Crippen LogP contribution in [0.1, 0.15) is 82.9 Å². The van der Waals surface area contributed by atoms with Crippen LogP contribution in [-0.4, -0.2) is 23.0 Å². The first kappa shape index (κ1) is 37.8. The Morgan fingerprint density at radius 2 is 1.58 bits per heavy atom. The molecule has 2 aromatic carbocycles. The van der Waals surface area contributed by atoms with Crippen LogP contribution in [0.5, 0.6) is 0 Å². The van der Waals surface area contributed by atoms with Gasteiger partial charge in [0.1, 0.15) is 0 Å². The van der Waals surface area contributed by atoms with Gasteiger partial charge < -0.3 is 14.4 Å². The first-order chi connectivity index (χ1) is 23.4. The van der Waals surface area contributed by atoms with Crippen LogP contribution >= 0.6 is 0 Å². The molecule has 1 aliphatic carbocycles. The van der Waals surface area contributed by atoms with E-state index in [9.17, 15) is 0 Å². The fourth-order valence-electron chi connectivity index (χ4n) is 7.22. The van der Waals surface area contributed by atoms with E-state index < -0.39 is 8.07 Å². The number of rotatable bonds is 7. The largest absolute Gasteiger partial charge is 0.486 e. The van der Waals surface area contributed by atoms with Crippen LogP contribution in [0.4, 0.5) is 0 Å². The third kappa shape index (κ3) is 8.88. The average molecular weight is 858 g/mol. The summed E-state index contributed by atoms with van der Waals surface area (Å²) >= 11 is 0. The third-order valence-electron chi connectivity index (χ3n) is 9.60. The molecule has 0 saturated heterocycles. The van der Waals surface area contributed by atoms with E-state index in [-0.39, 0.29) is 25.5 Å². The summed E-state index contributed by atoms with van der Waals surface area (Å²) in [5, 5.41) is 3.60. The van der Waals surface area contributed by atoms with Crippen molar-refractivity contribution in [3.05, 3.63) is 108 Å². The van der Waals surface area contributed by atoms with Gasteiger partial charge >= 0.3 is 0 Å². The summed E-state index contributed by atoms with van der Waals surface area (Å²) in [6, 6.07) is 27.3. The van der Waals surface area contributed by atoms with E-state index >= 15 is 0 Å². The molecule has 1 aliphatic rings. The Labute approximate surface area is 313 Å². The van der Waals surface area contributed by atoms with Crippen molar-refractivity contribution < 1.29 is 24.5 Å². The number of aromatic nitrogens is 3. The van der Waals surface area contributed by atoms with Crippen molar-refractivity contribution in [1.82, 2.24) is 15.0 Å². The van der Waals surface area contributed by atoms with Gasteiger partial charge in [-0.3, -0.25) is 0 Å². The van der Waals surface area contributed by atoms with Crippen molar-refractivity contribution in [1.29, 1.82) is 0 Å². The van der Waals surface area contributed by atoms with Gasteiger partial charge in [-0.25, -0.2) is 4.98 Å². The van der Waals surface area contributed by atoms with Crippen molar-refractivity contribution >= 4 is 35.3 Å². The maximum atomic E-state index is 6.11. The van der Waals surface area contributed by atoms with E-state index in [2.05, 4.69) is 108 Å². The molecule has 7 rings (SSSR count). The minimum atomic E-state index is -1.37. The first-order valence-corrected chi connectivity index (χ1v) is 21.5. The maximum absolute atomic E-state index is 6.11. The van der Waals surface area contributed by atoms with E-state index in [1.165, 1.54) is 47.6 Å². The van der Waals surface area contributed by atoms with Crippen molar-refractivity contribution in [2.24, 2.45) is 11.3 Å². The van der Waals surface area contributed by atoms with Crippen molar-refractivity contribution in [3.8, 4) is 22.5 Å². The van der Waals surface area contributed by atoms with Gasteiger partial charge in [-0.1, -0.05) is 109 Å². The molecule has 1 fully saturated rings. The van der Waals surface area contributed by atoms with Crippen molar-refractivity contribution in [2.45, 2.75) is 98.7 Å². The van der Waals surface area contributed by atoms with Crippen molar-refractivity contribution in [2.75, 3.05) is 0 Å². The smallest absolute Gasteiger partial charge is 0.216 e. The van der Waals surface area contributed by atoms with Gasteiger partial charge in [-0.05, 0) is 69.9 Å². The second-order valence-corrected chi connectivity index (χ2v) is 21.4. The number of benzene rings is 2. The predicted octanol–water partition coefficient (Wildman–Crippen LogP) is 11.4. The Bertz CT molecular complexity index is 2030. The zero-order valence-electron chi connectivity index (χ0n) is 31.0. The van der Waals surface area contributed by atoms with E-state index in [4.69, 9.17) is 14.4 Å². The summed E-state index contributed by atoms with van der Waals surface area (Å²) in [6.07, 6.45) is 13.6. The molecule has 6 aromatic rings. The van der Waals surface area contributed by atoms with Crippen LogP contribution in [0, 0.1) is 23.5 Å².